The van der Waals surface area contributed by atoms with Crippen molar-refractivity contribution in [3.63, 3.8) is 0 Å². The van der Waals surface area contributed by atoms with Crippen molar-refractivity contribution in [2.24, 2.45) is 11.8 Å². The second-order valence-corrected chi connectivity index (χ2v) is 5.74. The summed E-state index contributed by atoms with van der Waals surface area (Å²) in [5, 5.41) is 0. The average molecular weight is 223 g/mol. The highest BCUT2D eigenvalue weighted by Gasteiger charge is 2.05. The first-order chi connectivity index (χ1) is 7.68. The molecule has 16 heavy (non-hydrogen) atoms. The maximum atomic E-state index is 2.49. The van der Waals surface area contributed by atoms with Crippen LogP contribution in [0.2, 0.25) is 0 Å². The maximum absolute atomic E-state index is 2.49. The Hall–Kier alpha value is -0.460. The molecule has 0 unspecified atom stereocenters. The summed E-state index contributed by atoms with van der Waals surface area (Å²) in [6, 6.07) is 0. The molecule has 1 saturated heterocycles. The normalized spacial score (nSPS) is 19.6. The third-order valence-electron chi connectivity index (χ3n) is 3.46. The monoisotopic (exact) mass is 223 g/mol. The molecule has 0 aromatic carbocycles. The van der Waals surface area contributed by atoms with E-state index in [0.29, 0.717) is 0 Å². The highest BCUT2D eigenvalue weighted by molar-refractivity contribution is 4.87. The minimum atomic E-state index is 0.751. The van der Waals surface area contributed by atoms with Crippen LogP contribution in [0.15, 0.2) is 12.3 Å². The lowest BCUT2D eigenvalue weighted by Crippen LogP contribution is -2.24. The molecular weight excluding hydrogens is 194 g/mol. The van der Waals surface area contributed by atoms with Gasteiger partial charge in [-0.3, -0.25) is 0 Å². The Bertz CT molecular complexity index is 190. The smallest absolute Gasteiger partial charge is 0.0172 e. The molecule has 0 amide bonds. The van der Waals surface area contributed by atoms with E-state index in [-0.39, 0.29) is 0 Å². The van der Waals surface area contributed by atoms with Crippen LogP contribution in [0.5, 0.6) is 0 Å². The zero-order valence-corrected chi connectivity index (χ0v) is 11.4. The van der Waals surface area contributed by atoms with Gasteiger partial charge in [-0.2, -0.15) is 0 Å². The summed E-state index contributed by atoms with van der Waals surface area (Å²) in [5.74, 6) is 1.61. The van der Waals surface area contributed by atoms with Gasteiger partial charge < -0.3 is 4.90 Å². The molecule has 0 spiro atoms. The van der Waals surface area contributed by atoms with Crippen molar-refractivity contribution in [2.75, 3.05) is 13.1 Å². The Morgan fingerprint density at radius 1 is 1.00 bits per heavy atom. The number of hydrogen-bond donors (Lipinski definition) is 0. The van der Waals surface area contributed by atoms with Crippen LogP contribution in [0.1, 0.15) is 59.3 Å². The maximum Gasteiger partial charge on any atom is 0.0172 e. The van der Waals surface area contributed by atoms with Gasteiger partial charge in [0.05, 0.1) is 0 Å². The van der Waals surface area contributed by atoms with Gasteiger partial charge in [0.15, 0.2) is 0 Å². The number of hydrogen-bond acceptors (Lipinski definition) is 1. The van der Waals surface area contributed by atoms with E-state index in [4.69, 9.17) is 0 Å². The van der Waals surface area contributed by atoms with Crippen LogP contribution >= 0.6 is 0 Å². The van der Waals surface area contributed by atoms with E-state index in [9.17, 15) is 0 Å². The van der Waals surface area contributed by atoms with Crippen LogP contribution < -0.4 is 0 Å². The fourth-order valence-electron chi connectivity index (χ4n) is 2.28. The zero-order chi connectivity index (χ0) is 11.8. The van der Waals surface area contributed by atoms with Crippen LogP contribution in [0, 0.1) is 11.8 Å². The lowest BCUT2D eigenvalue weighted by Gasteiger charge is -2.25. The predicted octanol–water partition coefficient (Wildman–Crippen LogP) is 4.45. The van der Waals surface area contributed by atoms with Crippen molar-refractivity contribution in [2.45, 2.75) is 59.3 Å². The van der Waals surface area contributed by atoms with Gasteiger partial charge in [-0.15, -0.1) is 0 Å². The average Bonchev–Trinajstić information content (AvgIpc) is 2.27. The van der Waals surface area contributed by atoms with Gasteiger partial charge in [0.1, 0.15) is 0 Å². The first-order valence-electron chi connectivity index (χ1n) is 7.11. The molecule has 0 aliphatic carbocycles. The van der Waals surface area contributed by atoms with Crippen molar-refractivity contribution in [1.29, 1.82) is 0 Å². The molecule has 1 heterocycles. The Balaban J connectivity index is 2.11. The Morgan fingerprint density at radius 2 is 1.69 bits per heavy atom. The topological polar surface area (TPSA) is 3.24 Å². The van der Waals surface area contributed by atoms with Crippen LogP contribution in [-0.2, 0) is 0 Å². The fraction of sp³-hybridized carbons (Fsp3) is 0.867. The number of rotatable bonds is 6. The fourth-order valence-corrected chi connectivity index (χ4v) is 2.28. The van der Waals surface area contributed by atoms with E-state index in [1.165, 1.54) is 51.6 Å². The third kappa shape index (κ3) is 6.19. The molecule has 1 fully saturated rings. The Morgan fingerprint density at radius 3 is 2.31 bits per heavy atom. The van der Waals surface area contributed by atoms with E-state index in [1.807, 2.05) is 0 Å². The molecular formula is C15H29N. The molecule has 0 N–H and O–H groups in total. The van der Waals surface area contributed by atoms with Crippen molar-refractivity contribution in [1.82, 2.24) is 4.90 Å². The SMILES string of the molecule is CC(C)CCC[C@H](C)/C=C/N1CCCCC1. The highest BCUT2D eigenvalue weighted by Crippen LogP contribution is 2.15. The molecule has 1 nitrogen and oxygen atoms in total. The molecule has 1 aliphatic rings. The highest BCUT2D eigenvalue weighted by atomic mass is 15.1. The summed E-state index contributed by atoms with van der Waals surface area (Å²) in [7, 11) is 0. The van der Waals surface area contributed by atoms with E-state index >= 15 is 0 Å². The van der Waals surface area contributed by atoms with E-state index in [1.54, 1.807) is 0 Å². The zero-order valence-electron chi connectivity index (χ0n) is 11.4. The van der Waals surface area contributed by atoms with E-state index in [0.717, 1.165) is 11.8 Å². The summed E-state index contributed by atoms with van der Waals surface area (Å²) in [5.41, 5.74) is 0. The Labute approximate surface area is 102 Å². The quantitative estimate of drug-likeness (QED) is 0.643. The summed E-state index contributed by atoms with van der Waals surface area (Å²) in [6.07, 6.45) is 13.0. The molecule has 1 atom stereocenters. The van der Waals surface area contributed by atoms with Gasteiger partial charge in [0.2, 0.25) is 0 Å². The first-order valence-corrected chi connectivity index (χ1v) is 7.11. The molecule has 0 radical (unpaired) electrons. The number of allylic oxidation sites excluding steroid dienone is 1. The number of piperidine rings is 1. The molecule has 0 aromatic heterocycles. The van der Waals surface area contributed by atoms with Crippen molar-refractivity contribution in [3.05, 3.63) is 12.3 Å². The van der Waals surface area contributed by atoms with Gasteiger partial charge >= 0.3 is 0 Å². The number of nitrogens with zero attached hydrogens (tertiary/aromatic N) is 1. The molecule has 1 rings (SSSR count). The van der Waals surface area contributed by atoms with Gasteiger partial charge in [-0.1, -0.05) is 39.7 Å². The van der Waals surface area contributed by atoms with Crippen LogP contribution in [0.25, 0.3) is 0 Å². The van der Waals surface area contributed by atoms with Crippen LogP contribution in [0.3, 0.4) is 0 Å². The Kier molecular flexibility index (Phi) is 6.59. The van der Waals surface area contributed by atoms with Crippen LogP contribution in [-0.4, -0.2) is 18.0 Å². The van der Waals surface area contributed by atoms with Crippen molar-refractivity contribution >= 4 is 0 Å². The third-order valence-corrected chi connectivity index (χ3v) is 3.46. The van der Waals surface area contributed by atoms with Crippen molar-refractivity contribution < 1.29 is 0 Å². The van der Waals surface area contributed by atoms with Crippen molar-refractivity contribution in [3.8, 4) is 0 Å². The molecule has 0 saturated carbocycles. The van der Waals surface area contributed by atoms with Crippen LogP contribution in [0.4, 0.5) is 0 Å². The lowest BCUT2D eigenvalue weighted by molar-refractivity contribution is 0.307. The molecule has 0 aromatic rings. The number of likely N-dealkylation sites (tertiary alicyclic amines) is 1. The van der Waals surface area contributed by atoms with Gasteiger partial charge in [0, 0.05) is 13.1 Å². The minimum Gasteiger partial charge on any atom is -0.378 e. The van der Waals surface area contributed by atoms with E-state index < -0.39 is 0 Å². The minimum absolute atomic E-state index is 0.751. The summed E-state index contributed by atoms with van der Waals surface area (Å²) in [4.78, 5) is 2.49. The van der Waals surface area contributed by atoms with E-state index in [2.05, 4.69) is 37.9 Å². The largest absolute Gasteiger partial charge is 0.378 e. The van der Waals surface area contributed by atoms with Gasteiger partial charge in [0.25, 0.3) is 0 Å². The summed E-state index contributed by atoms with van der Waals surface area (Å²) in [6.45, 7) is 9.52. The second-order valence-electron chi connectivity index (χ2n) is 5.74. The first kappa shape index (κ1) is 13.6. The summed E-state index contributed by atoms with van der Waals surface area (Å²) < 4.78 is 0. The molecule has 0 bridgehead atoms. The molecule has 94 valence electrons. The summed E-state index contributed by atoms with van der Waals surface area (Å²) >= 11 is 0. The lowest BCUT2D eigenvalue weighted by atomic mass is 9.99. The standard InChI is InChI=1S/C15H29N/c1-14(2)8-7-9-15(3)10-13-16-11-5-4-6-12-16/h10,13-15H,4-9,11-12H2,1-3H3/b13-10+/t15-/m0/s1. The van der Waals surface area contributed by atoms with Gasteiger partial charge in [-0.25, -0.2) is 0 Å². The second kappa shape index (κ2) is 7.76. The predicted molar refractivity (Wildman–Crippen MR) is 72.4 cm³/mol. The molecule has 1 heteroatoms. The van der Waals surface area contributed by atoms with Gasteiger partial charge in [-0.05, 0) is 43.7 Å². The molecule has 1 aliphatic heterocycles.